The normalized spacial score (nSPS) is 19.5. The number of hydrogen-bond donors (Lipinski definition) is 1. The summed E-state index contributed by atoms with van der Waals surface area (Å²) < 4.78 is 5.13. The van der Waals surface area contributed by atoms with Crippen molar-refractivity contribution in [3.05, 3.63) is 35.9 Å². The lowest BCUT2D eigenvalue weighted by Crippen LogP contribution is -2.52. The lowest BCUT2D eigenvalue weighted by atomic mass is 10.0. The van der Waals surface area contributed by atoms with Crippen LogP contribution in [0.5, 0.6) is 0 Å². The Bertz CT molecular complexity index is 504. The summed E-state index contributed by atoms with van der Waals surface area (Å²) in [6.07, 6.45) is 2.56. The predicted octanol–water partition coefficient (Wildman–Crippen LogP) is 1.83. The van der Waals surface area contributed by atoms with E-state index in [9.17, 15) is 9.59 Å². The molecule has 0 unspecified atom stereocenters. The highest BCUT2D eigenvalue weighted by Crippen LogP contribution is 2.18. The largest absolute Gasteiger partial charge is 0.372 e. The van der Waals surface area contributed by atoms with Crippen molar-refractivity contribution >= 4 is 11.8 Å². The van der Waals surface area contributed by atoms with E-state index >= 15 is 0 Å². The van der Waals surface area contributed by atoms with Gasteiger partial charge in [-0.3, -0.25) is 9.59 Å². The second-order valence-electron chi connectivity index (χ2n) is 5.64. The Morgan fingerprint density at radius 2 is 2.05 bits per heavy atom. The zero-order valence-corrected chi connectivity index (χ0v) is 13.2. The predicted molar refractivity (Wildman–Crippen MR) is 84.6 cm³/mol. The molecule has 1 aliphatic rings. The number of carbonyl (C=O) groups excluding carboxylic acids is 2. The van der Waals surface area contributed by atoms with Crippen molar-refractivity contribution in [1.82, 2.24) is 10.2 Å². The van der Waals surface area contributed by atoms with E-state index in [1.807, 2.05) is 23.1 Å². The van der Waals surface area contributed by atoms with Gasteiger partial charge in [-0.1, -0.05) is 18.2 Å². The molecule has 0 saturated carbocycles. The first-order chi connectivity index (χ1) is 10.6. The summed E-state index contributed by atoms with van der Waals surface area (Å²) in [5.41, 5.74) is 0.640. The number of rotatable bonds is 5. The van der Waals surface area contributed by atoms with Crippen molar-refractivity contribution in [2.45, 2.75) is 38.3 Å². The van der Waals surface area contributed by atoms with Crippen LogP contribution in [0.15, 0.2) is 30.3 Å². The fourth-order valence-corrected chi connectivity index (χ4v) is 2.74. The molecule has 1 aliphatic heterocycles. The molecule has 1 fully saturated rings. The quantitative estimate of drug-likeness (QED) is 0.903. The number of hydrogen-bond acceptors (Lipinski definition) is 3. The summed E-state index contributed by atoms with van der Waals surface area (Å²) in [6.45, 7) is 2.98. The number of nitrogens with one attached hydrogen (secondary N) is 1. The molecule has 1 N–H and O–H groups in total. The monoisotopic (exact) mass is 304 g/mol. The van der Waals surface area contributed by atoms with Crippen molar-refractivity contribution in [2.75, 3.05) is 20.2 Å². The lowest BCUT2D eigenvalue weighted by Gasteiger charge is -2.37. The molecule has 0 spiro atoms. The molecule has 0 radical (unpaired) electrons. The van der Waals surface area contributed by atoms with Gasteiger partial charge in [0.15, 0.2) is 0 Å². The second-order valence-corrected chi connectivity index (χ2v) is 5.64. The molecule has 1 aromatic carbocycles. The van der Waals surface area contributed by atoms with Gasteiger partial charge < -0.3 is 15.0 Å². The average Bonchev–Trinajstić information content (AvgIpc) is 2.59. The maximum absolute atomic E-state index is 12.3. The van der Waals surface area contributed by atoms with E-state index in [1.165, 1.54) is 0 Å². The molecular weight excluding hydrogens is 280 g/mol. The van der Waals surface area contributed by atoms with Gasteiger partial charge in [-0.25, -0.2) is 0 Å². The van der Waals surface area contributed by atoms with Crippen LogP contribution in [-0.4, -0.2) is 49.1 Å². The van der Waals surface area contributed by atoms with Crippen LogP contribution < -0.4 is 5.32 Å². The minimum atomic E-state index is -0.439. The van der Waals surface area contributed by atoms with E-state index in [2.05, 4.69) is 5.32 Å². The number of nitrogens with zero attached hydrogens (tertiary/aromatic N) is 1. The third-order valence-corrected chi connectivity index (χ3v) is 4.15. The second kappa shape index (κ2) is 7.94. The SMILES string of the molecule is CO[C@@H](C)C(=O)N1CCCC[C@@H]1CNC(=O)c1ccccc1. The molecule has 2 amide bonds. The van der Waals surface area contributed by atoms with E-state index in [0.29, 0.717) is 12.1 Å². The number of amides is 2. The van der Waals surface area contributed by atoms with Gasteiger partial charge >= 0.3 is 0 Å². The van der Waals surface area contributed by atoms with Gasteiger partial charge in [0, 0.05) is 31.8 Å². The Hall–Kier alpha value is -1.88. The van der Waals surface area contributed by atoms with E-state index in [0.717, 1.165) is 25.8 Å². The average molecular weight is 304 g/mol. The highest BCUT2D eigenvalue weighted by atomic mass is 16.5. The van der Waals surface area contributed by atoms with Gasteiger partial charge in [0.25, 0.3) is 11.8 Å². The van der Waals surface area contributed by atoms with Gasteiger partial charge in [-0.15, -0.1) is 0 Å². The van der Waals surface area contributed by atoms with Crippen LogP contribution in [0.25, 0.3) is 0 Å². The molecular formula is C17H24N2O3. The fraction of sp³-hybridized carbons (Fsp3) is 0.529. The standard InChI is InChI=1S/C17H24N2O3/c1-13(22-2)17(21)19-11-7-6-10-15(19)12-18-16(20)14-8-4-3-5-9-14/h3-5,8-9,13,15H,6-7,10-12H2,1-2H3,(H,18,20)/t13-,15+/m0/s1. The molecule has 2 atom stereocenters. The molecule has 0 bridgehead atoms. The minimum absolute atomic E-state index is 0.00107. The Balaban J connectivity index is 1.94. The molecule has 1 saturated heterocycles. The maximum Gasteiger partial charge on any atom is 0.251 e. The van der Waals surface area contributed by atoms with Crippen molar-refractivity contribution in [3.8, 4) is 0 Å². The summed E-state index contributed by atoms with van der Waals surface area (Å²) >= 11 is 0. The van der Waals surface area contributed by atoms with Crippen LogP contribution in [0, 0.1) is 0 Å². The van der Waals surface area contributed by atoms with Gasteiger partial charge in [0.05, 0.1) is 0 Å². The number of piperidine rings is 1. The molecule has 1 aromatic rings. The Morgan fingerprint density at radius 3 is 2.73 bits per heavy atom. The number of likely N-dealkylation sites (tertiary alicyclic amines) is 1. The van der Waals surface area contributed by atoms with Gasteiger partial charge in [0.1, 0.15) is 6.10 Å². The first-order valence-electron chi connectivity index (χ1n) is 7.80. The summed E-state index contributed by atoms with van der Waals surface area (Å²) in [4.78, 5) is 26.3. The van der Waals surface area contributed by atoms with Crippen LogP contribution >= 0.6 is 0 Å². The van der Waals surface area contributed by atoms with Crippen LogP contribution in [0.3, 0.4) is 0 Å². The molecule has 1 heterocycles. The first-order valence-corrected chi connectivity index (χ1v) is 7.80. The van der Waals surface area contributed by atoms with Crippen LogP contribution in [-0.2, 0) is 9.53 Å². The zero-order valence-electron chi connectivity index (χ0n) is 13.2. The number of ether oxygens (including phenoxy) is 1. The molecule has 5 heteroatoms. The highest BCUT2D eigenvalue weighted by molar-refractivity contribution is 5.94. The van der Waals surface area contributed by atoms with Gasteiger partial charge in [-0.2, -0.15) is 0 Å². The molecule has 0 aliphatic carbocycles. The van der Waals surface area contributed by atoms with Crippen LogP contribution in [0.4, 0.5) is 0 Å². The summed E-state index contributed by atoms with van der Waals surface area (Å²) in [7, 11) is 1.54. The number of methoxy groups -OCH3 is 1. The van der Waals surface area contributed by atoms with E-state index in [-0.39, 0.29) is 17.9 Å². The van der Waals surface area contributed by atoms with Crippen molar-refractivity contribution in [1.29, 1.82) is 0 Å². The first kappa shape index (κ1) is 16.5. The number of benzene rings is 1. The van der Waals surface area contributed by atoms with E-state index in [4.69, 9.17) is 4.74 Å². The van der Waals surface area contributed by atoms with Crippen LogP contribution in [0.2, 0.25) is 0 Å². The minimum Gasteiger partial charge on any atom is -0.372 e. The Morgan fingerprint density at radius 1 is 1.32 bits per heavy atom. The van der Waals surface area contributed by atoms with E-state index in [1.54, 1.807) is 26.2 Å². The molecule has 0 aromatic heterocycles. The lowest BCUT2D eigenvalue weighted by molar-refractivity contribution is -0.144. The highest BCUT2D eigenvalue weighted by Gasteiger charge is 2.29. The van der Waals surface area contributed by atoms with Crippen LogP contribution in [0.1, 0.15) is 36.5 Å². The van der Waals surface area contributed by atoms with Gasteiger partial charge in [0.2, 0.25) is 0 Å². The summed E-state index contributed by atoms with van der Waals surface area (Å²) in [5.74, 6) is -0.0977. The molecule has 120 valence electrons. The summed E-state index contributed by atoms with van der Waals surface area (Å²) in [6, 6.07) is 9.17. The number of carbonyl (C=O) groups is 2. The zero-order chi connectivity index (χ0) is 15.9. The van der Waals surface area contributed by atoms with Crippen molar-refractivity contribution in [2.24, 2.45) is 0 Å². The Kier molecular flexibility index (Phi) is 5.95. The van der Waals surface area contributed by atoms with Crippen molar-refractivity contribution < 1.29 is 14.3 Å². The van der Waals surface area contributed by atoms with Crippen molar-refractivity contribution in [3.63, 3.8) is 0 Å². The topological polar surface area (TPSA) is 58.6 Å². The summed E-state index contributed by atoms with van der Waals surface area (Å²) in [5, 5.41) is 2.94. The smallest absolute Gasteiger partial charge is 0.251 e. The Labute approximate surface area is 131 Å². The van der Waals surface area contributed by atoms with E-state index < -0.39 is 6.10 Å². The fourth-order valence-electron chi connectivity index (χ4n) is 2.74. The maximum atomic E-state index is 12.3. The molecule has 2 rings (SSSR count). The molecule has 5 nitrogen and oxygen atoms in total. The molecule has 22 heavy (non-hydrogen) atoms. The third kappa shape index (κ3) is 4.07. The van der Waals surface area contributed by atoms with Gasteiger partial charge in [-0.05, 0) is 38.3 Å². The third-order valence-electron chi connectivity index (χ3n) is 4.15.